The summed E-state index contributed by atoms with van der Waals surface area (Å²) in [6.45, 7) is 9.47. The van der Waals surface area contributed by atoms with Gasteiger partial charge in [0.1, 0.15) is 18.1 Å². The predicted octanol–water partition coefficient (Wildman–Crippen LogP) is 5.44. The van der Waals surface area contributed by atoms with E-state index >= 15 is 0 Å². The smallest absolute Gasteiger partial charge is 0.276 e. The van der Waals surface area contributed by atoms with Crippen LogP contribution in [0.25, 0.3) is 0 Å². The Bertz CT molecular complexity index is 1130. The lowest BCUT2D eigenvalue weighted by atomic mass is 10.1. The van der Waals surface area contributed by atoms with E-state index in [1.165, 1.54) is 0 Å². The van der Waals surface area contributed by atoms with Crippen molar-refractivity contribution in [3.05, 3.63) is 80.2 Å². The van der Waals surface area contributed by atoms with Gasteiger partial charge in [-0.1, -0.05) is 52.6 Å². The molecule has 0 radical (unpaired) electrons. The third-order valence-electron chi connectivity index (χ3n) is 6.03. The highest BCUT2D eigenvalue weighted by Crippen LogP contribution is 2.26. The number of aryl methyl sites for hydroxylation is 3. The molecule has 2 aromatic carbocycles. The first-order valence-electron chi connectivity index (χ1n) is 10.9. The number of hydrogen-bond acceptors (Lipinski definition) is 5. The Morgan fingerprint density at radius 2 is 1.76 bits per heavy atom. The molecule has 0 bridgehead atoms. The van der Waals surface area contributed by atoms with Crippen LogP contribution in [0.15, 0.2) is 40.9 Å². The highest BCUT2D eigenvalue weighted by Gasteiger charge is 2.28. The van der Waals surface area contributed by atoms with Gasteiger partial charge in [-0.15, -0.1) is 0 Å². The Balaban J connectivity index is 1.39. The number of hydrogen-bond donors (Lipinski definition) is 0. The van der Waals surface area contributed by atoms with Crippen LogP contribution in [0.2, 0.25) is 10.0 Å². The van der Waals surface area contributed by atoms with Crippen molar-refractivity contribution in [2.24, 2.45) is 0 Å². The normalized spacial score (nSPS) is 14.5. The first kappa shape index (κ1) is 23.6. The van der Waals surface area contributed by atoms with Crippen LogP contribution in [0.5, 0.6) is 5.75 Å². The molecule has 0 aliphatic carbocycles. The zero-order valence-electron chi connectivity index (χ0n) is 19.0. The quantitative estimate of drug-likeness (QED) is 0.462. The predicted molar refractivity (Wildman–Crippen MR) is 129 cm³/mol. The van der Waals surface area contributed by atoms with Crippen molar-refractivity contribution in [1.29, 1.82) is 0 Å². The largest absolute Gasteiger partial charge is 0.488 e. The number of carbonyl (C=O) groups is 1. The first-order chi connectivity index (χ1) is 15.8. The molecule has 1 fully saturated rings. The molecule has 1 aromatic heterocycles. The molecule has 0 N–H and O–H groups in total. The molecule has 2 heterocycles. The van der Waals surface area contributed by atoms with Crippen LogP contribution in [0.4, 0.5) is 0 Å². The number of rotatable bonds is 6. The topological polar surface area (TPSA) is 58.8 Å². The fourth-order valence-electron chi connectivity index (χ4n) is 4.05. The monoisotopic (exact) mass is 487 g/mol. The van der Waals surface area contributed by atoms with Crippen LogP contribution in [-0.4, -0.2) is 47.0 Å². The highest BCUT2D eigenvalue weighted by atomic mass is 35.5. The number of ether oxygens (including phenoxy) is 1. The van der Waals surface area contributed by atoms with Gasteiger partial charge in [0, 0.05) is 42.8 Å². The number of carbonyl (C=O) groups excluding carboxylic acids is 1. The van der Waals surface area contributed by atoms with E-state index in [2.05, 4.69) is 10.1 Å². The highest BCUT2D eigenvalue weighted by molar-refractivity contribution is 6.35. The lowest BCUT2D eigenvalue weighted by Crippen LogP contribution is -2.48. The minimum absolute atomic E-state index is 0.129. The molecule has 0 saturated carbocycles. The number of benzene rings is 2. The first-order valence-corrected chi connectivity index (χ1v) is 11.7. The summed E-state index contributed by atoms with van der Waals surface area (Å²) in [7, 11) is 0. The molecule has 3 aromatic rings. The van der Waals surface area contributed by atoms with Gasteiger partial charge in [-0.3, -0.25) is 9.69 Å². The molecule has 8 heteroatoms. The maximum atomic E-state index is 13.2. The summed E-state index contributed by atoms with van der Waals surface area (Å²) in [5.74, 6) is 1.29. The number of nitrogens with zero attached hydrogens (tertiary/aromatic N) is 3. The van der Waals surface area contributed by atoms with Crippen molar-refractivity contribution in [3.63, 3.8) is 0 Å². The van der Waals surface area contributed by atoms with E-state index in [0.29, 0.717) is 40.2 Å². The molecule has 1 saturated heterocycles. The van der Waals surface area contributed by atoms with Gasteiger partial charge in [0.05, 0.1) is 5.56 Å². The Kier molecular flexibility index (Phi) is 7.27. The van der Waals surface area contributed by atoms with Gasteiger partial charge in [-0.2, -0.15) is 0 Å². The van der Waals surface area contributed by atoms with Crippen molar-refractivity contribution in [2.45, 2.75) is 33.9 Å². The van der Waals surface area contributed by atoms with Crippen LogP contribution in [0.1, 0.15) is 38.5 Å². The maximum absolute atomic E-state index is 13.2. The van der Waals surface area contributed by atoms with Crippen LogP contribution < -0.4 is 4.74 Å². The van der Waals surface area contributed by atoms with Gasteiger partial charge >= 0.3 is 0 Å². The van der Waals surface area contributed by atoms with Crippen molar-refractivity contribution in [3.8, 4) is 5.75 Å². The Labute approximate surface area is 204 Å². The minimum atomic E-state index is -0.129. The van der Waals surface area contributed by atoms with Gasteiger partial charge in [-0.25, -0.2) is 0 Å². The van der Waals surface area contributed by atoms with Crippen molar-refractivity contribution < 1.29 is 14.1 Å². The summed E-state index contributed by atoms with van der Waals surface area (Å²) in [5, 5.41) is 5.35. The van der Waals surface area contributed by atoms with Gasteiger partial charge < -0.3 is 14.2 Å². The fourth-order valence-corrected chi connectivity index (χ4v) is 4.52. The maximum Gasteiger partial charge on any atom is 0.276 e. The molecule has 1 aliphatic heterocycles. The lowest BCUT2D eigenvalue weighted by molar-refractivity contribution is 0.0616. The molecule has 33 heavy (non-hydrogen) atoms. The van der Waals surface area contributed by atoms with E-state index in [0.717, 1.165) is 42.1 Å². The van der Waals surface area contributed by atoms with Crippen LogP contribution in [0, 0.1) is 20.8 Å². The average molecular weight is 488 g/mol. The number of halogens is 2. The van der Waals surface area contributed by atoms with Crippen molar-refractivity contribution in [1.82, 2.24) is 15.0 Å². The SMILES string of the molecule is Cc1cccc(C)c1OCc1c(C(=O)N2CCN(Cc3ccc(Cl)cc3Cl)CC2)noc1C. The zero-order valence-corrected chi connectivity index (χ0v) is 20.5. The number of amides is 1. The minimum Gasteiger partial charge on any atom is -0.488 e. The van der Waals surface area contributed by atoms with Gasteiger partial charge in [-0.05, 0) is 49.6 Å². The summed E-state index contributed by atoms with van der Waals surface area (Å²) in [4.78, 5) is 17.3. The van der Waals surface area contributed by atoms with E-state index in [4.69, 9.17) is 32.5 Å². The second-order valence-electron chi connectivity index (χ2n) is 8.38. The second kappa shape index (κ2) is 10.2. The summed E-state index contributed by atoms with van der Waals surface area (Å²) < 4.78 is 11.4. The van der Waals surface area contributed by atoms with Crippen molar-refractivity contribution in [2.75, 3.05) is 26.2 Å². The number of aromatic nitrogens is 1. The summed E-state index contributed by atoms with van der Waals surface area (Å²) in [6, 6.07) is 11.6. The van der Waals surface area contributed by atoms with Crippen LogP contribution in [-0.2, 0) is 13.2 Å². The van der Waals surface area contributed by atoms with Crippen LogP contribution >= 0.6 is 23.2 Å². The molecule has 6 nitrogen and oxygen atoms in total. The van der Waals surface area contributed by atoms with E-state index in [-0.39, 0.29) is 12.5 Å². The second-order valence-corrected chi connectivity index (χ2v) is 9.22. The van der Waals surface area contributed by atoms with E-state index in [1.54, 1.807) is 13.0 Å². The van der Waals surface area contributed by atoms with Gasteiger partial charge in [0.15, 0.2) is 5.69 Å². The molecule has 1 aliphatic rings. The zero-order chi connectivity index (χ0) is 23.5. The number of para-hydroxylation sites is 1. The fraction of sp³-hybridized carbons (Fsp3) is 0.360. The van der Waals surface area contributed by atoms with Crippen LogP contribution in [0.3, 0.4) is 0 Å². The molecule has 0 unspecified atom stereocenters. The standard InChI is InChI=1S/C25H27Cl2N3O3/c1-16-5-4-6-17(2)24(16)32-15-21-18(3)33-28-23(21)25(31)30-11-9-29(10-12-30)14-19-7-8-20(26)13-22(19)27/h4-8,13H,9-12,14-15H2,1-3H3. The third kappa shape index (κ3) is 5.35. The van der Waals surface area contributed by atoms with E-state index in [9.17, 15) is 4.79 Å². The van der Waals surface area contributed by atoms with Gasteiger partial charge in [0.25, 0.3) is 5.91 Å². The molecule has 174 valence electrons. The Morgan fingerprint density at radius 1 is 1.06 bits per heavy atom. The van der Waals surface area contributed by atoms with Crippen molar-refractivity contribution >= 4 is 29.1 Å². The summed E-state index contributed by atoms with van der Waals surface area (Å²) >= 11 is 12.3. The molecule has 0 atom stereocenters. The summed E-state index contributed by atoms with van der Waals surface area (Å²) in [6.07, 6.45) is 0. The Morgan fingerprint density at radius 3 is 2.42 bits per heavy atom. The summed E-state index contributed by atoms with van der Waals surface area (Å²) in [5.41, 5.74) is 4.15. The number of piperazine rings is 1. The third-order valence-corrected chi connectivity index (χ3v) is 6.61. The average Bonchev–Trinajstić information content (AvgIpc) is 3.16. The van der Waals surface area contributed by atoms with E-state index < -0.39 is 0 Å². The molecular formula is C25H27Cl2N3O3. The molecule has 0 spiro atoms. The van der Waals surface area contributed by atoms with Gasteiger partial charge in [0.2, 0.25) is 0 Å². The molecule has 1 amide bonds. The lowest BCUT2D eigenvalue weighted by Gasteiger charge is -2.34. The Hall–Kier alpha value is -2.54. The van der Waals surface area contributed by atoms with E-state index in [1.807, 2.05) is 49.1 Å². The molecule has 4 rings (SSSR count). The molecular weight excluding hydrogens is 461 g/mol.